The van der Waals surface area contributed by atoms with E-state index in [-0.39, 0.29) is 11.8 Å². The Bertz CT molecular complexity index is 744. The van der Waals surface area contributed by atoms with Crippen LogP contribution in [0.1, 0.15) is 22.8 Å². The van der Waals surface area contributed by atoms with Gasteiger partial charge in [-0.05, 0) is 30.7 Å². The number of hydrogen-bond donors (Lipinski definition) is 0. The van der Waals surface area contributed by atoms with E-state index in [2.05, 4.69) is 9.72 Å². The van der Waals surface area contributed by atoms with Crippen molar-refractivity contribution in [2.45, 2.75) is 19.6 Å². The SMILES string of the molecule is CCN(Cc1ccc(N(C)C)cc1)C(=O)c1ccc(OCC(F)(F)F)nc1. The molecule has 0 spiro atoms. The second-order valence-corrected chi connectivity index (χ2v) is 6.17. The average molecular weight is 381 g/mol. The zero-order chi connectivity index (χ0) is 20.0. The van der Waals surface area contributed by atoms with Gasteiger partial charge in [0.1, 0.15) is 0 Å². The number of pyridine rings is 1. The number of hydrogen-bond acceptors (Lipinski definition) is 4. The number of halogens is 3. The summed E-state index contributed by atoms with van der Waals surface area (Å²) in [5.41, 5.74) is 2.33. The molecule has 2 rings (SSSR count). The molecule has 0 saturated heterocycles. The van der Waals surface area contributed by atoms with E-state index >= 15 is 0 Å². The van der Waals surface area contributed by atoms with E-state index in [0.717, 1.165) is 11.3 Å². The molecule has 0 unspecified atom stereocenters. The topological polar surface area (TPSA) is 45.7 Å². The molecule has 146 valence electrons. The standard InChI is InChI=1S/C19H22F3N3O2/c1-4-25(12-14-5-8-16(9-6-14)24(2)3)18(26)15-7-10-17(23-11-15)27-13-19(20,21)22/h5-11H,4,12-13H2,1-3H3. The molecule has 8 heteroatoms. The van der Waals surface area contributed by atoms with E-state index in [1.165, 1.54) is 18.3 Å². The molecule has 0 aliphatic heterocycles. The van der Waals surface area contributed by atoms with Crippen molar-refractivity contribution in [1.29, 1.82) is 0 Å². The van der Waals surface area contributed by atoms with Gasteiger partial charge in [-0.15, -0.1) is 0 Å². The van der Waals surface area contributed by atoms with Crippen LogP contribution in [0.2, 0.25) is 0 Å². The van der Waals surface area contributed by atoms with Gasteiger partial charge >= 0.3 is 6.18 Å². The summed E-state index contributed by atoms with van der Waals surface area (Å²) in [7, 11) is 3.90. The Balaban J connectivity index is 2.03. The Morgan fingerprint density at radius 1 is 1.11 bits per heavy atom. The smallest absolute Gasteiger partial charge is 0.422 e. The Labute approximate surface area is 156 Å². The number of ether oxygens (including phenoxy) is 1. The van der Waals surface area contributed by atoms with Crippen molar-refractivity contribution in [2.24, 2.45) is 0 Å². The van der Waals surface area contributed by atoms with E-state index in [1.54, 1.807) is 4.90 Å². The molecule has 1 aromatic carbocycles. The molecule has 1 amide bonds. The van der Waals surface area contributed by atoms with Crippen LogP contribution in [0.25, 0.3) is 0 Å². The van der Waals surface area contributed by atoms with Crippen LogP contribution in [0.15, 0.2) is 42.6 Å². The molecular weight excluding hydrogens is 359 g/mol. The molecule has 2 aromatic rings. The molecular formula is C19H22F3N3O2. The van der Waals surface area contributed by atoms with Crippen LogP contribution >= 0.6 is 0 Å². The number of benzene rings is 1. The van der Waals surface area contributed by atoms with E-state index in [4.69, 9.17) is 0 Å². The molecule has 1 aromatic heterocycles. The van der Waals surface area contributed by atoms with Gasteiger partial charge in [0.15, 0.2) is 6.61 Å². The van der Waals surface area contributed by atoms with Gasteiger partial charge in [-0.25, -0.2) is 4.98 Å². The summed E-state index contributed by atoms with van der Waals surface area (Å²) in [5, 5.41) is 0. The van der Waals surface area contributed by atoms with Crippen molar-refractivity contribution >= 4 is 11.6 Å². The number of carbonyl (C=O) groups is 1. The molecule has 1 heterocycles. The molecule has 0 N–H and O–H groups in total. The van der Waals surface area contributed by atoms with Gasteiger partial charge in [0, 0.05) is 45.1 Å². The molecule has 0 bridgehead atoms. The zero-order valence-corrected chi connectivity index (χ0v) is 15.5. The van der Waals surface area contributed by atoms with Gasteiger partial charge in [-0.3, -0.25) is 4.79 Å². The van der Waals surface area contributed by atoms with Crippen LogP contribution < -0.4 is 9.64 Å². The Morgan fingerprint density at radius 2 is 1.78 bits per heavy atom. The quantitative estimate of drug-likeness (QED) is 0.733. The Morgan fingerprint density at radius 3 is 2.26 bits per heavy atom. The average Bonchev–Trinajstić information content (AvgIpc) is 2.64. The first-order valence-corrected chi connectivity index (χ1v) is 8.40. The fourth-order valence-electron chi connectivity index (χ4n) is 2.38. The molecule has 0 saturated carbocycles. The number of anilines is 1. The van der Waals surface area contributed by atoms with Gasteiger partial charge in [-0.2, -0.15) is 13.2 Å². The largest absolute Gasteiger partial charge is 0.468 e. The van der Waals surface area contributed by atoms with Crippen molar-refractivity contribution < 1.29 is 22.7 Å². The minimum atomic E-state index is -4.43. The summed E-state index contributed by atoms with van der Waals surface area (Å²) in [4.78, 5) is 20.0. The van der Waals surface area contributed by atoms with Gasteiger partial charge in [0.2, 0.25) is 5.88 Å². The summed E-state index contributed by atoms with van der Waals surface area (Å²) in [6.07, 6.45) is -3.21. The number of aromatic nitrogens is 1. The fraction of sp³-hybridized carbons (Fsp3) is 0.368. The molecule has 27 heavy (non-hydrogen) atoms. The number of amides is 1. The van der Waals surface area contributed by atoms with E-state index < -0.39 is 12.8 Å². The summed E-state index contributed by atoms with van der Waals surface area (Å²) >= 11 is 0. The van der Waals surface area contributed by atoms with Crippen LogP contribution in [0.3, 0.4) is 0 Å². The van der Waals surface area contributed by atoms with Gasteiger partial charge in [-0.1, -0.05) is 12.1 Å². The third-order valence-corrected chi connectivity index (χ3v) is 3.86. The highest BCUT2D eigenvalue weighted by Crippen LogP contribution is 2.18. The maximum atomic E-state index is 12.6. The first kappa shape index (κ1) is 20.5. The van der Waals surface area contributed by atoms with E-state index in [1.807, 2.05) is 50.2 Å². The van der Waals surface area contributed by atoms with E-state index in [9.17, 15) is 18.0 Å². The minimum Gasteiger partial charge on any atom is -0.468 e. The summed E-state index contributed by atoms with van der Waals surface area (Å²) in [6, 6.07) is 10.5. The second kappa shape index (κ2) is 8.75. The van der Waals surface area contributed by atoms with Crippen LogP contribution in [0, 0.1) is 0 Å². The maximum Gasteiger partial charge on any atom is 0.422 e. The predicted octanol–water partition coefficient (Wildman–Crippen LogP) is 3.75. The first-order chi connectivity index (χ1) is 12.7. The van der Waals surface area contributed by atoms with Gasteiger partial charge < -0.3 is 14.5 Å². The van der Waals surface area contributed by atoms with Crippen molar-refractivity contribution in [2.75, 3.05) is 32.1 Å². The lowest BCUT2D eigenvalue weighted by Gasteiger charge is -2.21. The van der Waals surface area contributed by atoms with Crippen LogP contribution in [0.4, 0.5) is 18.9 Å². The molecule has 0 aliphatic carbocycles. The highest BCUT2D eigenvalue weighted by molar-refractivity contribution is 5.93. The third-order valence-electron chi connectivity index (χ3n) is 3.86. The van der Waals surface area contributed by atoms with Crippen LogP contribution in [-0.2, 0) is 6.54 Å². The van der Waals surface area contributed by atoms with Gasteiger partial charge in [0.05, 0.1) is 5.56 Å². The number of nitrogens with zero attached hydrogens (tertiary/aromatic N) is 3. The Hall–Kier alpha value is -2.77. The van der Waals surface area contributed by atoms with Crippen molar-refractivity contribution in [3.05, 3.63) is 53.7 Å². The maximum absolute atomic E-state index is 12.6. The lowest BCUT2D eigenvalue weighted by atomic mass is 10.1. The molecule has 0 radical (unpaired) electrons. The first-order valence-electron chi connectivity index (χ1n) is 8.40. The molecule has 0 atom stereocenters. The number of carbonyl (C=O) groups excluding carboxylic acids is 1. The van der Waals surface area contributed by atoms with E-state index in [0.29, 0.717) is 18.7 Å². The Kier molecular flexibility index (Phi) is 6.65. The van der Waals surface area contributed by atoms with Gasteiger partial charge in [0.25, 0.3) is 5.91 Å². The zero-order valence-electron chi connectivity index (χ0n) is 15.5. The third kappa shape index (κ3) is 6.16. The minimum absolute atomic E-state index is 0.175. The molecule has 0 aliphatic rings. The predicted molar refractivity (Wildman–Crippen MR) is 97.0 cm³/mol. The van der Waals surface area contributed by atoms with Crippen molar-refractivity contribution in [3.8, 4) is 5.88 Å². The van der Waals surface area contributed by atoms with Crippen molar-refractivity contribution in [1.82, 2.24) is 9.88 Å². The highest BCUT2D eigenvalue weighted by atomic mass is 19.4. The lowest BCUT2D eigenvalue weighted by molar-refractivity contribution is -0.154. The number of alkyl halides is 3. The fourth-order valence-corrected chi connectivity index (χ4v) is 2.38. The lowest BCUT2D eigenvalue weighted by Crippen LogP contribution is -2.30. The molecule has 5 nitrogen and oxygen atoms in total. The summed E-state index contributed by atoms with van der Waals surface area (Å²) in [6.45, 7) is 1.35. The van der Waals surface area contributed by atoms with Crippen LogP contribution in [-0.4, -0.2) is 49.2 Å². The normalized spacial score (nSPS) is 11.2. The monoisotopic (exact) mass is 381 g/mol. The highest BCUT2D eigenvalue weighted by Gasteiger charge is 2.28. The second-order valence-electron chi connectivity index (χ2n) is 6.17. The summed E-state index contributed by atoms with van der Waals surface area (Å²) in [5.74, 6) is -0.421. The number of rotatable bonds is 7. The van der Waals surface area contributed by atoms with Crippen molar-refractivity contribution in [3.63, 3.8) is 0 Å². The summed E-state index contributed by atoms with van der Waals surface area (Å²) < 4.78 is 41.0. The molecule has 0 fully saturated rings. The van der Waals surface area contributed by atoms with Crippen LogP contribution in [0.5, 0.6) is 5.88 Å².